The number of hydrogen-bond acceptors (Lipinski definition) is 7. The van der Waals surface area contributed by atoms with E-state index in [1.807, 2.05) is 0 Å². The van der Waals surface area contributed by atoms with E-state index in [0.717, 1.165) is 31.0 Å². The Kier molecular flexibility index (Phi) is 7.32. The van der Waals surface area contributed by atoms with E-state index in [1.165, 1.54) is 30.5 Å². The van der Waals surface area contributed by atoms with Crippen LogP contribution in [0, 0.1) is 11.7 Å². The van der Waals surface area contributed by atoms with Crippen LogP contribution in [0.2, 0.25) is 5.02 Å². The number of nitrogens with two attached hydrogens (primary N) is 1. The standard InChI is InChI=1S/C33H27ClF4N4O5/c34-20-10-17-9-18(11-24(26(17)40-13-20)47-22-7-8-22)29(43)41-14-32(45,33(36,37)38)25-12-23-28(27(42-25)16-1-5-21(35)6-2-16)46-15-31(23,30(39)44)19-3-4-19/h1-2,5-6,9-13,19,22,45H,3-4,7-8,14-15H2,(H2,39,44)(H,41,43)/t31-,32+/m1/s1. The average Bonchev–Trinajstić information content (AvgIpc) is 3.97. The van der Waals surface area contributed by atoms with Gasteiger partial charge in [0, 0.05) is 28.3 Å². The van der Waals surface area contributed by atoms with Crippen molar-refractivity contribution in [3.8, 4) is 22.8 Å². The highest BCUT2D eigenvalue weighted by molar-refractivity contribution is 6.31. The Hall–Kier alpha value is -4.49. The largest absolute Gasteiger partial charge is 0.489 e. The zero-order chi connectivity index (χ0) is 33.3. The van der Waals surface area contributed by atoms with Crippen LogP contribution < -0.4 is 20.5 Å². The molecule has 1 aliphatic heterocycles. The molecule has 9 nitrogen and oxygen atoms in total. The molecule has 7 rings (SSSR count). The second-order valence-electron chi connectivity index (χ2n) is 12.2. The third-order valence-corrected chi connectivity index (χ3v) is 9.13. The number of aromatic nitrogens is 2. The SMILES string of the molecule is NC(=O)[C@@]1(C2CC2)COc2c1cc([C@@](O)(CNC(=O)c1cc(OC3CC3)c3ncc(Cl)cc3c1)C(F)(F)F)nc2-c1ccc(F)cc1. The van der Waals surface area contributed by atoms with E-state index in [9.17, 15) is 32.3 Å². The first-order chi connectivity index (χ1) is 22.3. The molecule has 2 fully saturated rings. The van der Waals surface area contributed by atoms with E-state index in [2.05, 4.69) is 15.3 Å². The van der Waals surface area contributed by atoms with Crippen molar-refractivity contribution in [3.63, 3.8) is 0 Å². The summed E-state index contributed by atoms with van der Waals surface area (Å²) in [6.07, 6.45) is -1.23. The van der Waals surface area contributed by atoms with E-state index in [4.69, 9.17) is 26.8 Å². The molecule has 14 heteroatoms. The highest BCUT2D eigenvalue weighted by Crippen LogP contribution is 2.56. The van der Waals surface area contributed by atoms with Gasteiger partial charge in [-0.15, -0.1) is 0 Å². The van der Waals surface area contributed by atoms with Gasteiger partial charge in [0.1, 0.15) is 40.5 Å². The Labute approximate surface area is 270 Å². The van der Waals surface area contributed by atoms with Crippen LogP contribution in [-0.2, 0) is 15.8 Å². The van der Waals surface area contributed by atoms with Gasteiger partial charge in [-0.1, -0.05) is 11.6 Å². The van der Waals surface area contributed by atoms with Crippen LogP contribution in [0.5, 0.6) is 11.5 Å². The number of primary amides is 1. The van der Waals surface area contributed by atoms with Crippen molar-refractivity contribution in [1.29, 1.82) is 0 Å². The molecule has 244 valence electrons. The van der Waals surface area contributed by atoms with Crippen molar-refractivity contribution in [3.05, 3.63) is 82.4 Å². The number of pyridine rings is 2. The molecule has 3 heterocycles. The van der Waals surface area contributed by atoms with Gasteiger partial charge in [-0.3, -0.25) is 14.6 Å². The molecule has 2 aliphatic carbocycles. The molecule has 4 aromatic rings. The van der Waals surface area contributed by atoms with Crippen molar-refractivity contribution in [2.45, 2.75) is 49.0 Å². The molecule has 4 N–H and O–H groups in total. The molecule has 2 saturated carbocycles. The molecule has 2 aromatic heterocycles. The molecular formula is C33H27ClF4N4O5. The molecule has 0 bridgehead atoms. The van der Waals surface area contributed by atoms with Gasteiger partial charge in [0.05, 0.1) is 23.4 Å². The summed E-state index contributed by atoms with van der Waals surface area (Å²) in [5, 5.41) is 14.4. The molecule has 2 atom stereocenters. The monoisotopic (exact) mass is 670 g/mol. The highest BCUT2D eigenvalue weighted by Gasteiger charge is 2.60. The van der Waals surface area contributed by atoms with Gasteiger partial charge in [0.2, 0.25) is 11.5 Å². The molecule has 0 radical (unpaired) electrons. The number of ether oxygens (including phenoxy) is 2. The summed E-state index contributed by atoms with van der Waals surface area (Å²) in [5.74, 6) is -2.34. The van der Waals surface area contributed by atoms with E-state index >= 15 is 0 Å². The Morgan fingerprint density at radius 1 is 1.11 bits per heavy atom. The number of rotatable bonds is 9. The van der Waals surface area contributed by atoms with Crippen molar-refractivity contribution < 1.29 is 41.7 Å². The lowest BCUT2D eigenvalue weighted by Gasteiger charge is -2.32. The van der Waals surface area contributed by atoms with Gasteiger partial charge in [-0.25, -0.2) is 9.37 Å². The lowest BCUT2D eigenvalue weighted by Crippen LogP contribution is -2.52. The molecule has 2 amide bonds. The van der Waals surface area contributed by atoms with Crippen molar-refractivity contribution >= 4 is 34.3 Å². The minimum atomic E-state index is -5.36. The van der Waals surface area contributed by atoms with Gasteiger partial charge in [-0.05, 0) is 80.1 Å². The van der Waals surface area contributed by atoms with E-state index in [-0.39, 0.29) is 57.5 Å². The normalized spacial score (nSPS) is 20.3. The summed E-state index contributed by atoms with van der Waals surface area (Å²) in [4.78, 5) is 34.8. The summed E-state index contributed by atoms with van der Waals surface area (Å²) in [6, 6.07) is 10.1. The van der Waals surface area contributed by atoms with Crippen LogP contribution in [0.15, 0.2) is 54.7 Å². The Morgan fingerprint density at radius 2 is 1.83 bits per heavy atom. The van der Waals surface area contributed by atoms with E-state index in [0.29, 0.717) is 23.7 Å². The fourth-order valence-corrected chi connectivity index (χ4v) is 6.20. The fraction of sp³-hybridized carbons (Fsp3) is 0.333. The zero-order valence-electron chi connectivity index (χ0n) is 24.5. The van der Waals surface area contributed by atoms with Crippen LogP contribution >= 0.6 is 11.6 Å². The first-order valence-electron chi connectivity index (χ1n) is 14.9. The van der Waals surface area contributed by atoms with Crippen molar-refractivity contribution in [2.75, 3.05) is 13.2 Å². The van der Waals surface area contributed by atoms with Crippen molar-refractivity contribution in [2.24, 2.45) is 11.7 Å². The Bertz CT molecular complexity index is 1930. The van der Waals surface area contributed by atoms with Gasteiger partial charge in [0.25, 0.3) is 5.91 Å². The van der Waals surface area contributed by atoms with Crippen LogP contribution in [0.25, 0.3) is 22.2 Å². The third-order valence-electron chi connectivity index (χ3n) is 8.92. The second-order valence-corrected chi connectivity index (χ2v) is 12.6. The molecule has 3 aliphatic rings. The lowest BCUT2D eigenvalue weighted by molar-refractivity contribution is -0.265. The maximum Gasteiger partial charge on any atom is 0.424 e. The van der Waals surface area contributed by atoms with Gasteiger partial charge < -0.3 is 25.6 Å². The van der Waals surface area contributed by atoms with Gasteiger partial charge in [0.15, 0.2) is 0 Å². The zero-order valence-corrected chi connectivity index (χ0v) is 25.3. The molecule has 0 spiro atoms. The Morgan fingerprint density at radius 3 is 2.47 bits per heavy atom. The lowest BCUT2D eigenvalue weighted by atomic mass is 9.76. The summed E-state index contributed by atoms with van der Waals surface area (Å²) in [7, 11) is 0. The number of aliphatic hydroxyl groups is 1. The van der Waals surface area contributed by atoms with E-state index < -0.39 is 47.1 Å². The fourth-order valence-electron chi connectivity index (χ4n) is 6.03. The maximum atomic E-state index is 14.9. The van der Waals surface area contributed by atoms with Crippen LogP contribution in [-0.4, -0.2) is 52.3 Å². The minimum absolute atomic E-state index is 0.0197. The first-order valence-corrected chi connectivity index (χ1v) is 15.3. The number of carbonyl (C=O) groups is 2. The second kappa shape index (κ2) is 11.1. The van der Waals surface area contributed by atoms with Crippen molar-refractivity contribution in [1.82, 2.24) is 15.3 Å². The summed E-state index contributed by atoms with van der Waals surface area (Å²) in [5.41, 5.74) is 0.212. The first kappa shape index (κ1) is 31.1. The maximum absolute atomic E-state index is 14.9. The quantitative estimate of drug-likeness (QED) is 0.205. The number of nitrogens with one attached hydrogen (secondary N) is 1. The number of nitrogens with zero attached hydrogens (tertiary/aromatic N) is 2. The van der Waals surface area contributed by atoms with Gasteiger partial charge >= 0.3 is 6.18 Å². The Balaban J connectivity index is 1.30. The molecule has 2 aromatic carbocycles. The molecule has 47 heavy (non-hydrogen) atoms. The number of alkyl halides is 3. The number of amides is 2. The summed E-state index contributed by atoms with van der Waals surface area (Å²) in [6.45, 7) is -1.57. The predicted molar refractivity (Wildman–Crippen MR) is 161 cm³/mol. The average molecular weight is 671 g/mol. The van der Waals surface area contributed by atoms with Gasteiger partial charge in [-0.2, -0.15) is 13.2 Å². The predicted octanol–water partition coefficient (Wildman–Crippen LogP) is 5.34. The summed E-state index contributed by atoms with van der Waals surface area (Å²) >= 11 is 6.10. The van der Waals surface area contributed by atoms with Crippen LogP contribution in [0.1, 0.15) is 47.3 Å². The topological polar surface area (TPSA) is 137 Å². The molecule has 0 saturated heterocycles. The molecule has 0 unspecified atom stereocenters. The van der Waals surface area contributed by atoms with Crippen LogP contribution in [0.4, 0.5) is 17.6 Å². The number of hydrogen-bond donors (Lipinski definition) is 3. The minimum Gasteiger partial charge on any atom is -0.489 e. The molecular weight excluding hydrogens is 644 g/mol. The van der Waals surface area contributed by atoms with E-state index in [1.54, 1.807) is 6.07 Å². The number of fused-ring (bicyclic) bond motifs is 2. The third kappa shape index (κ3) is 5.40. The summed E-state index contributed by atoms with van der Waals surface area (Å²) < 4.78 is 70.3. The number of halogens is 5. The number of carbonyl (C=O) groups excluding carboxylic acids is 2. The smallest absolute Gasteiger partial charge is 0.424 e. The number of benzene rings is 2. The van der Waals surface area contributed by atoms with Crippen LogP contribution in [0.3, 0.4) is 0 Å². The highest BCUT2D eigenvalue weighted by atomic mass is 35.5.